The molecule has 0 bridgehead atoms. The van der Waals surface area contributed by atoms with E-state index in [2.05, 4.69) is 31.3 Å². The summed E-state index contributed by atoms with van der Waals surface area (Å²) in [4.78, 5) is 12.3. The summed E-state index contributed by atoms with van der Waals surface area (Å²) in [7, 11) is 0. The quantitative estimate of drug-likeness (QED) is 0.822. The molecule has 1 aliphatic heterocycles. The van der Waals surface area contributed by atoms with E-state index >= 15 is 0 Å². The fourth-order valence-corrected chi connectivity index (χ4v) is 2.91. The van der Waals surface area contributed by atoms with Crippen LogP contribution in [0, 0.1) is 5.92 Å². The Morgan fingerprint density at radius 3 is 2.65 bits per heavy atom. The second-order valence-electron chi connectivity index (χ2n) is 6.42. The average Bonchev–Trinajstić information content (AvgIpc) is 2.67. The van der Waals surface area contributed by atoms with Crippen LogP contribution in [0.5, 0.6) is 0 Å². The van der Waals surface area contributed by atoms with Crippen molar-refractivity contribution in [3.63, 3.8) is 0 Å². The highest BCUT2D eigenvalue weighted by Gasteiger charge is 2.16. The van der Waals surface area contributed by atoms with E-state index in [9.17, 15) is 4.79 Å². The van der Waals surface area contributed by atoms with Gasteiger partial charge in [0.05, 0.1) is 0 Å². The Bertz CT molecular complexity index is 414. The number of ketones is 1. The van der Waals surface area contributed by atoms with Gasteiger partial charge in [-0.1, -0.05) is 51.0 Å². The predicted octanol–water partition coefficient (Wildman–Crippen LogP) is 3.99. The van der Waals surface area contributed by atoms with Gasteiger partial charge < -0.3 is 5.32 Å². The van der Waals surface area contributed by atoms with Crippen molar-refractivity contribution in [1.82, 2.24) is 5.32 Å². The number of carbonyl (C=O) groups excluding carboxylic acids is 1. The first kappa shape index (κ1) is 15.2. The van der Waals surface area contributed by atoms with Crippen LogP contribution in [0.1, 0.15) is 61.9 Å². The van der Waals surface area contributed by atoms with Crippen molar-refractivity contribution in [3.05, 3.63) is 35.4 Å². The predicted molar refractivity (Wildman–Crippen MR) is 84.2 cm³/mol. The third kappa shape index (κ3) is 4.75. The molecule has 0 spiro atoms. The third-order valence-corrected chi connectivity index (χ3v) is 4.01. The van der Waals surface area contributed by atoms with Crippen molar-refractivity contribution in [3.8, 4) is 0 Å². The first-order valence-electron chi connectivity index (χ1n) is 8.00. The van der Waals surface area contributed by atoms with Crippen molar-refractivity contribution in [2.45, 2.75) is 58.4 Å². The van der Waals surface area contributed by atoms with Gasteiger partial charge in [-0.3, -0.25) is 4.79 Å². The van der Waals surface area contributed by atoms with E-state index in [4.69, 9.17) is 0 Å². The normalized spacial score (nSPS) is 19.9. The lowest BCUT2D eigenvalue weighted by atomic mass is 9.97. The molecule has 1 heterocycles. The van der Waals surface area contributed by atoms with Crippen LogP contribution in [-0.2, 0) is 6.42 Å². The summed E-state index contributed by atoms with van der Waals surface area (Å²) in [6.45, 7) is 5.50. The van der Waals surface area contributed by atoms with E-state index in [1.807, 2.05) is 12.1 Å². The zero-order valence-corrected chi connectivity index (χ0v) is 12.8. The molecule has 20 heavy (non-hydrogen) atoms. The van der Waals surface area contributed by atoms with Gasteiger partial charge in [0.15, 0.2) is 5.78 Å². The van der Waals surface area contributed by atoms with Gasteiger partial charge in [0.2, 0.25) is 0 Å². The van der Waals surface area contributed by atoms with Crippen LogP contribution in [0.2, 0.25) is 0 Å². The largest absolute Gasteiger partial charge is 0.314 e. The van der Waals surface area contributed by atoms with Crippen LogP contribution in [0.25, 0.3) is 0 Å². The second-order valence-corrected chi connectivity index (χ2v) is 6.42. The van der Waals surface area contributed by atoms with Crippen LogP contribution >= 0.6 is 0 Å². The maximum Gasteiger partial charge on any atom is 0.164 e. The molecule has 2 heteroatoms. The van der Waals surface area contributed by atoms with Gasteiger partial charge in [0, 0.05) is 18.0 Å². The zero-order valence-electron chi connectivity index (χ0n) is 12.8. The van der Waals surface area contributed by atoms with E-state index in [0.29, 0.717) is 18.4 Å². The van der Waals surface area contributed by atoms with Crippen LogP contribution in [0.4, 0.5) is 0 Å². The molecule has 1 fully saturated rings. The fraction of sp³-hybridized carbons (Fsp3) is 0.611. The van der Waals surface area contributed by atoms with E-state index in [-0.39, 0.29) is 5.78 Å². The lowest BCUT2D eigenvalue weighted by molar-refractivity contribution is 0.0968. The molecule has 2 rings (SSSR count). The van der Waals surface area contributed by atoms with Gasteiger partial charge in [0.1, 0.15) is 0 Å². The number of hydrogen-bond donors (Lipinski definition) is 1. The molecular formula is C18H27NO. The number of benzene rings is 1. The Labute approximate surface area is 123 Å². The lowest BCUT2D eigenvalue weighted by Crippen LogP contribution is -2.30. The van der Waals surface area contributed by atoms with Crippen LogP contribution in [0.3, 0.4) is 0 Å². The molecule has 1 saturated heterocycles. The minimum atomic E-state index is 0.278. The summed E-state index contributed by atoms with van der Waals surface area (Å²) in [5.41, 5.74) is 2.19. The van der Waals surface area contributed by atoms with Gasteiger partial charge >= 0.3 is 0 Å². The number of carbonyl (C=O) groups is 1. The van der Waals surface area contributed by atoms with E-state index in [1.54, 1.807) is 0 Å². The monoisotopic (exact) mass is 273 g/mol. The molecule has 0 saturated carbocycles. The molecule has 0 aromatic heterocycles. The Morgan fingerprint density at radius 2 is 1.95 bits per heavy atom. The average molecular weight is 273 g/mol. The summed E-state index contributed by atoms with van der Waals surface area (Å²) in [6.07, 6.45) is 6.65. The highest BCUT2D eigenvalue weighted by molar-refractivity contribution is 5.96. The smallest absolute Gasteiger partial charge is 0.164 e. The molecule has 1 atom stereocenters. The van der Waals surface area contributed by atoms with Crippen LogP contribution in [-0.4, -0.2) is 18.4 Å². The molecular weight excluding hydrogens is 246 g/mol. The Kier molecular flexibility index (Phi) is 5.78. The minimum Gasteiger partial charge on any atom is -0.314 e. The van der Waals surface area contributed by atoms with Gasteiger partial charge in [-0.2, -0.15) is 0 Å². The summed E-state index contributed by atoms with van der Waals surface area (Å²) < 4.78 is 0. The van der Waals surface area contributed by atoms with Gasteiger partial charge in [0.25, 0.3) is 0 Å². The standard InChI is InChI=1S/C18H27NO/c1-14(2)12-15-7-9-16(10-8-15)18(20)13-17-6-4-3-5-11-19-17/h7-10,14,17,19H,3-6,11-13H2,1-2H3. The minimum absolute atomic E-state index is 0.278. The molecule has 0 radical (unpaired) electrons. The SMILES string of the molecule is CC(C)Cc1ccc(C(=O)CC2CCCCCN2)cc1. The highest BCUT2D eigenvalue weighted by atomic mass is 16.1. The molecule has 1 aliphatic rings. The topological polar surface area (TPSA) is 29.1 Å². The molecule has 1 aromatic rings. The van der Waals surface area contributed by atoms with Crippen molar-refractivity contribution >= 4 is 5.78 Å². The molecule has 2 nitrogen and oxygen atoms in total. The molecule has 0 amide bonds. The fourth-order valence-electron chi connectivity index (χ4n) is 2.91. The third-order valence-electron chi connectivity index (χ3n) is 4.01. The summed E-state index contributed by atoms with van der Waals surface area (Å²) in [5, 5.41) is 3.50. The van der Waals surface area contributed by atoms with Crippen LogP contribution < -0.4 is 5.32 Å². The maximum atomic E-state index is 12.3. The Hall–Kier alpha value is -1.15. The number of hydrogen-bond acceptors (Lipinski definition) is 2. The van der Waals surface area contributed by atoms with E-state index < -0.39 is 0 Å². The first-order valence-corrected chi connectivity index (χ1v) is 8.00. The zero-order chi connectivity index (χ0) is 14.4. The Balaban J connectivity index is 1.91. The second kappa shape index (κ2) is 7.58. The molecule has 1 N–H and O–H groups in total. The molecule has 1 unspecified atom stereocenters. The van der Waals surface area contributed by atoms with Crippen molar-refractivity contribution < 1.29 is 4.79 Å². The molecule has 1 aromatic carbocycles. The molecule has 110 valence electrons. The van der Waals surface area contributed by atoms with Crippen molar-refractivity contribution in [2.24, 2.45) is 5.92 Å². The number of rotatable bonds is 5. The molecule has 0 aliphatic carbocycles. The Morgan fingerprint density at radius 1 is 1.20 bits per heavy atom. The lowest BCUT2D eigenvalue weighted by Gasteiger charge is -2.14. The van der Waals surface area contributed by atoms with Crippen molar-refractivity contribution in [1.29, 1.82) is 0 Å². The van der Waals surface area contributed by atoms with Gasteiger partial charge in [-0.05, 0) is 37.3 Å². The summed E-state index contributed by atoms with van der Waals surface area (Å²) in [6, 6.07) is 8.58. The van der Waals surface area contributed by atoms with E-state index in [1.165, 1.54) is 24.8 Å². The van der Waals surface area contributed by atoms with Gasteiger partial charge in [-0.15, -0.1) is 0 Å². The number of Topliss-reactive ketones (excluding diaryl/α,β-unsaturated/α-hetero) is 1. The maximum absolute atomic E-state index is 12.3. The highest BCUT2D eigenvalue weighted by Crippen LogP contribution is 2.15. The summed E-state index contributed by atoms with van der Waals surface area (Å²) >= 11 is 0. The van der Waals surface area contributed by atoms with Crippen LogP contribution in [0.15, 0.2) is 24.3 Å². The number of nitrogens with one attached hydrogen (secondary N) is 1. The first-order chi connectivity index (χ1) is 9.65. The van der Waals surface area contributed by atoms with Gasteiger partial charge in [-0.25, -0.2) is 0 Å². The summed E-state index contributed by atoms with van der Waals surface area (Å²) in [5.74, 6) is 0.937. The van der Waals surface area contributed by atoms with E-state index in [0.717, 1.165) is 24.9 Å². The van der Waals surface area contributed by atoms with Crippen molar-refractivity contribution in [2.75, 3.05) is 6.54 Å².